The van der Waals surface area contributed by atoms with E-state index in [-0.39, 0.29) is 51.8 Å². The molecule has 7 amide bonds. The summed E-state index contributed by atoms with van der Waals surface area (Å²) >= 11 is 0. The van der Waals surface area contributed by atoms with E-state index in [9.17, 15) is 24.0 Å². The SMILES string of the molecule is CC(C)(C)OC(=O)N1CCN2C(=O)N(OC(=O)N3CCN(C(=O)Nc4ccccc4)CC3)C(=O)C2C1. The third kappa shape index (κ3) is 5.44. The molecule has 13 nitrogen and oxygen atoms in total. The summed E-state index contributed by atoms with van der Waals surface area (Å²) in [6, 6.07) is 7.03. The van der Waals surface area contributed by atoms with Crippen LogP contribution in [0.3, 0.4) is 0 Å². The highest BCUT2D eigenvalue weighted by Crippen LogP contribution is 2.24. The lowest BCUT2D eigenvalue weighted by atomic mass is 10.2. The maximum Gasteiger partial charge on any atom is 0.434 e. The van der Waals surface area contributed by atoms with Gasteiger partial charge in [-0.25, -0.2) is 19.2 Å². The van der Waals surface area contributed by atoms with Crippen LogP contribution in [-0.2, 0) is 14.4 Å². The van der Waals surface area contributed by atoms with Crippen molar-refractivity contribution in [2.24, 2.45) is 0 Å². The third-order valence-corrected chi connectivity index (χ3v) is 5.96. The molecule has 4 rings (SSSR count). The van der Waals surface area contributed by atoms with Crippen LogP contribution in [0.2, 0.25) is 0 Å². The van der Waals surface area contributed by atoms with E-state index in [1.165, 1.54) is 14.7 Å². The number of nitrogens with zero attached hydrogens (tertiary/aromatic N) is 5. The predicted octanol–water partition coefficient (Wildman–Crippen LogP) is 1.77. The van der Waals surface area contributed by atoms with Crippen LogP contribution < -0.4 is 5.32 Å². The first-order valence-corrected chi connectivity index (χ1v) is 11.7. The smallest absolute Gasteiger partial charge is 0.434 e. The molecule has 3 aliphatic rings. The summed E-state index contributed by atoms with van der Waals surface area (Å²) < 4.78 is 5.35. The van der Waals surface area contributed by atoms with Crippen molar-refractivity contribution < 1.29 is 33.5 Å². The van der Waals surface area contributed by atoms with E-state index in [4.69, 9.17) is 9.57 Å². The lowest BCUT2D eigenvalue weighted by Gasteiger charge is -2.35. The van der Waals surface area contributed by atoms with Crippen molar-refractivity contribution in [1.29, 1.82) is 0 Å². The molecule has 194 valence electrons. The van der Waals surface area contributed by atoms with E-state index < -0.39 is 35.8 Å². The Hall–Kier alpha value is -4.03. The van der Waals surface area contributed by atoms with Gasteiger partial charge in [-0.05, 0) is 32.9 Å². The fourth-order valence-corrected chi connectivity index (χ4v) is 4.10. The van der Waals surface area contributed by atoms with Crippen molar-refractivity contribution in [1.82, 2.24) is 24.7 Å². The molecule has 0 spiro atoms. The molecule has 0 aliphatic carbocycles. The summed E-state index contributed by atoms with van der Waals surface area (Å²) in [4.78, 5) is 73.8. The number of hydroxylamine groups is 2. The number of ether oxygens (including phenoxy) is 1. The largest absolute Gasteiger partial charge is 0.444 e. The van der Waals surface area contributed by atoms with Gasteiger partial charge in [0, 0.05) is 45.0 Å². The Morgan fingerprint density at radius 2 is 1.47 bits per heavy atom. The minimum Gasteiger partial charge on any atom is -0.444 e. The fraction of sp³-hybridized carbons (Fsp3) is 0.522. The number of benzene rings is 1. The Bertz CT molecular complexity index is 1040. The molecular formula is C23H30N6O7. The van der Waals surface area contributed by atoms with E-state index >= 15 is 0 Å². The number of rotatable bonds is 2. The highest BCUT2D eigenvalue weighted by Gasteiger charge is 2.51. The van der Waals surface area contributed by atoms with Gasteiger partial charge in [0.2, 0.25) is 0 Å². The summed E-state index contributed by atoms with van der Waals surface area (Å²) in [7, 11) is 0. The van der Waals surface area contributed by atoms with Crippen LogP contribution >= 0.6 is 0 Å². The summed E-state index contributed by atoms with van der Waals surface area (Å²) in [6.45, 7) is 6.34. The maximum absolute atomic E-state index is 12.9. The number of urea groups is 2. The molecule has 3 aliphatic heterocycles. The van der Waals surface area contributed by atoms with Crippen LogP contribution in [0.4, 0.5) is 24.9 Å². The van der Waals surface area contributed by atoms with Crippen molar-refractivity contribution in [2.75, 3.05) is 51.1 Å². The van der Waals surface area contributed by atoms with Crippen molar-refractivity contribution in [3.63, 3.8) is 0 Å². The molecule has 0 aromatic heterocycles. The monoisotopic (exact) mass is 502 g/mol. The lowest BCUT2D eigenvalue weighted by Crippen LogP contribution is -2.55. The first-order chi connectivity index (χ1) is 17.0. The Kier molecular flexibility index (Phi) is 6.91. The lowest BCUT2D eigenvalue weighted by molar-refractivity contribution is -0.152. The molecular weight excluding hydrogens is 472 g/mol. The van der Waals surface area contributed by atoms with Gasteiger partial charge in [-0.2, -0.15) is 0 Å². The normalized spacial score (nSPS) is 20.3. The van der Waals surface area contributed by atoms with Gasteiger partial charge in [0.05, 0.1) is 6.54 Å². The Balaban J connectivity index is 1.29. The zero-order valence-corrected chi connectivity index (χ0v) is 20.5. The van der Waals surface area contributed by atoms with E-state index in [1.54, 1.807) is 37.8 Å². The number of imide groups is 1. The van der Waals surface area contributed by atoms with Crippen LogP contribution in [0.1, 0.15) is 20.8 Å². The fourth-order valence-electron chi connectivity index (χ4n) is 4.10. The molecule has 36 heavy (non-hydrogen) atoms. The summed E-state index contributed by atoms with van der Waals surface area (Å²) in [6.07, 6.45) is -1.43. The number of hydrogen-bond acceptors (Lipinski definition) is 7. The number of piperazine rings is 2. The summed E-state index contributed by atoms with van der Waals surface area (Å²) in [5, 5.41) is 3.25. The highest BCUT2D eigenvalue weighted by atomic mass is 16.7. The number of carbonyl (C=O) groups is 5. The molecule has 1 N–H and O–H groups in total. The molecule has 1 aromatic rings. The topological polar surface area (TPSA) is 132 Å². The van der Waals surface area contributed by atoms with E-state index in [0.29, 0.717) is 10.8 Å². The average Bonchev–Trinajstić information content (AvgIpc) is 3.08. The second kappa shape index (κ2) is 9.91. The minimum absolute atomic E-state index is 0.0528. The Morgan fingerprint density at radius 3 is 2.11 bits per heavy atom. The zero-order valence-electron chi connectivity index (χ0n) is 20.5. The van der Waals surface area contributed by atoms with Crippen LogP contribution in [0.15, 0.2) is 30.3 Å². The standard InChI is InChI=1S/C23H30N6O7/c1-23(2,3)35-21(33)27-13-14-28-17(15-27)18(30)29(20(28)32)36-22(34)26-11-9-25(10-12-26)19(31)24-16-7-5-4-6-8-16/h4-8,17H,9-15H2,1-3H3,(H,24,31). The van der Waals surface area contributed by atoms with Crippen molar-refractivity contribution in [3.05, 3.63) is 30.3 Å². The molecule has 3 saturated heterocycles. The second-order valence-electron chi connectivity index (χ2n) is 9.68. The molecule has 3 heterocycles. The van der Waals surface area contributed by atoms with Crippen LogP contribution in [-0.4, -0.2) is 112 Å². The van der Waals surface area contributed by atoms with Gasteiger partial charge in [0.1, 0.15) is 11.6 Å². The van der Waals surface area contributed by atoms with Crippen molar-refractivity contribution >= 4 is 35.8 Å². The number of para-hydroxylation sites is 1. The van der Waals surface area contributed by atoms with Gasteiger partial charge < -0.3 is 34.5 Å². The Morgan fingerprint density at radius 1 is 0.861 bits per heavy atom. The predicted molar refractivity (Wildman–Crippen MR) is 126 cm³/mol. The molecule has 1 aromatic carbocycles. The number of hydrogen-bond donors (Lipinski definition) is 1. The zero-order chi connectivity index (χ0) is 26.0. The number of carbonyl (C=O) groups excluding carboxylic acids is 5. The Labute approximate surface area is 208 Å². The van der Waals surface area contributed by atoms with Gasteiger partial charge in [-0.1, -0.05) is 23.3 Å². The molecule has 1 unspecified atom stereocenters. The number of nitrogens with one attached hydrogen (secondary N) is 1. The molecule has 0 radical (unpaired) electrons. The highest BCUT2D eigenvalue weighted by molar-refractivity contribution is 6.04. The van der Waals surface area contributed by atoms with Gasteiger partial charge in [-0.3, -0.25) is 4.79 Å². The summed E-state index contributed by atoms with van der Waals surface area (Å²) in [5.41, 5.74) is -0.0329. The van der Waals surface area contributed by atoms with E-state index in [2.05, 4.69) is 5.32 Å². The number of anilines is 1. The molecule has 0 bridgehead atoms. The maximum atomic E-state index is 12.9. The van der Waals surface area contributed by atoms with Gasteiger partial charge in [-0.15, -0.1) is 0 Å². The van der Waals surface area contributed by atoms with E-state index in [1.807, 2.05) is 18.2 Å². The molecule has 0 saturated carbocycles. The van der Waals surface area contributed by atoms with Gasteiger partial charge in [0.15, 0.2) is 0 Å². The van der Waals surface area contributed by atoms with Crippen LogP contribution in [0.25, 0.3) is 0 Å². The number of fused-ring (bicyclic) bond motifs is 1. The molecule has 1 atom stereocenters. The third-order valence-electron chi connectivity index (χ3n) is 5.96. The second-order valence-corrected chi connectivity index (χ2v) is 9.68. The van der Waals surface area contributed by atoms with Gasteiger partial charge in [0.25, 0.3) is 5.91 Å². The average molecular weight is 503 g/mol. The molecule has 3 fully saturated rings. The minimum atomic E-state index is -0.954. The van der Waals surface area contributed by atoms with Crippen molar-refractivity contribution in [2.45, 2.75) is 32.4 Å². The first-order valence-electron chi connectivity index (χ1n) is 11.7. The van der Waals surface area contributed by atoms with E-state index in [0.717, 1.165) is 0 Å². The number of amides is 7. The van der Waals surface area contributed by atoms with Crippen molar-refractivity contribution in [3.8, 4) is 0 Å². The van der Waals surface area contributed by atoms with Crippen LogP contribution in [0, 0.1) is 0 Å². The van der Waals surface area contributed by atoms with Gasteiger partial charge >= 0.3 is 24.2 Å². The first kappa shape index (κ1) is 25.1. The molecule has 13 heteroatoms. The summed E-state index contributed by atoms with van der Waals surface area (Å²) in [5.74, 6) is -0.720. The van der Waals surface area contributed by atoms with Crippen LogP contribution in [0.5, 0.6) is 0 Å². The quantitative estimate of drug-likeness (QED) is 0.610.